The average Bonchev–Trinajstić information content (AvgIpc) is 3.61. The molecule has 14 nitrogen and oxygen atoms in total. The molecule has 1 atom stereocenters. The van der Waals surface area contributed by atoms with Gasteiger partial charge < -0.3 is 20.1 Å². The van der Waals surface area contributed by atoms with Gasteiger partial charge in [-0.2, -0.15) is 0 Å². The van der Waals surface area contributed by atoms with Crippen molar-refractivity contribution in [3.63, 3.8) is 0 Å². The number of hydrogen-bond acceptors (Lipinski definition) is 9. The van der Waals surface area contributed by atoms with Gasteiger partial charge in [0.15, 0.2) is 0 Å². The standard InChI is InChI=1S/C57H66N8O6/c1-37-43(15-13-17-45(37)60-52(67)40-23-25-42(26-24-40)57(3,4)5)48-36-62(6)55(70)47(59-48)35-39-19-21-41(22-20-39)54(69)64-33-31-63(32-34-64)30-12-10-8-7-9-11-29-58-46-18-14-16-44-38(2)65(56(71)51(44)46)49-27-28-50(66)61-53(49)68/h13-26,36,49,58H,2,7-12,27-35H2,1,3-6H3,(H,60,67)(H,61,66,68). The first kappa shape index (κ1) is 50.2. The molecule has 0 bridgehead atoms. The number of carbonyl (C=O) groups is 5. The number of benzene rings is 4. The number of rotatable bonds is 17. The SMILES string of the molecule is C=C1c2cccc(NCCCCCCCCN3CCN(C(=O)c4ccc(Cc5nc(-c6cccc(NC(=O)c7ccc(C(C)(C)C)cc7)c6C)cn(C)c5=O)cc4)CC3)c2C(=O)N1C1CCC(=O)NC1=O. The summed E-state index contributed by atoms with van der Waals surface area (Å²) in [4.78, 5) is 88.5. The maximum Gasteiger partial charge on any atom is 0.272 e. The van der Waals surface area contributed by atoms with E-state index in [1.807, 2.05) is 96.8 Å². The largest absolute Gasteiger partial charge is 0.384 e. The van der Waals surface area contributed by atoms with Crippen LogP contribution in [0.5, 0.6) is 0 Å². The van der Waals surface area contributed by atoms with Crippen LogP contribution in [0.25, 0.3) is 17.0 Å². The number of carbonyl (C=O) groups excluding carboxylic acids is 5. The smallest absolute Gasteiger partial charge is 0.272 e. The van der Waals surface area contributed by atoms with E-state index in [2.05, 4.69) is 48.2 Å². The van der Waals surface area contributed by atoms with Crippen molar-refractivity contribution in [2.75, 3.05) is 49.9 Å². The number of piperazine rings is 1. The van der Waals surface area contributed by atoms with E-state index in [4.69, 9.17) is 4.98 Å². The lowest BCUT2D eigenvalue weighted by atomic mass is 9.86. The molecule has 4 aromatic carbocycles. The summed E-state index contributed by atoms with van der Waals surface area (Å²) >= 11 is 0. The lowest BCUT2D eigenvalue weighted by Crippen LogP contribution is -2.52. The molecule has 71 heavy (non-hydrogen) atoms. The van der Waals surface area contributed by atoms with Crippen LogP contribution in [0.2, 0.25) is 0 Å². The molecule has 3 aliphatic heterocycles. The monoisotopic (exact) mass is 959 g/mol. The molecule has 3 aliphatic rings. The van der Waals surface area contributed by atoms with Gasteiger partial charge in [-0.25, -0.2) is 4.98 Å². The number of unbranched alkanes of at least 4 members (excludes halogenated alkanes) is 5. The molecule has 370 valence electrons. The van der Waals surface area contributed by atoms with Crippen molar-refractivity contribution < 1.29 is 24.0 Å². The molecular weight excluding hydrogens is 893 g/mol. The van der Waals surface area contributed by atoms with Crippen LogP contribution in [0.3, 0.4) is 0 Å². The highest BCUT2D eigenvalue weighted by Crippen LogP contribution is 2.39. The maximum absolute atomic E-state index is 13.6. The predicted octanol–water partition coefficient (Wildman–Crippen LogP) is 8.34. The first-order valence-electron chi connectivity index (χ1n) is 25.0. The van der Waals surface area contributed by atoms with Gasteiger partial charge >= 0.3 is 0 Å². The average molecular weight is 959 g/mol. The van der Waals surface area contributed by atoms with Crippen LogP contribution in [-0.4, -0.2) is 99.1 Å². The van der Waals surface area contributed by atoms with Crippen molar-refractivity contribution >= 4 is 46.6 Å². The number of aryl methyl sites for hydroxylation is 1. The molecule has 0 spiro atoms. The second-order valence-corrected chi connectivity index (χ2v) is 20.1. The van der Waals surface area contributed by atoms with Gasteiger partial charge in [-0.05, 0) is 91.2 Å². The van der Waals surface area contributed by atoms with Crippen molar-refractivity contribution in [3.05, 3.63) is 153 Å². The highest BCUT2D eigenvalue weighted by molar-refractivity contribution is 6.15. The summed E-state index contributed by atoms with van der Waals surface area (Å²) in [7, 11) is 1.72. The van der Waals surface area contributed by atoms with Gasteiger partial charge in [-0.3, -0.25) is 43.9 Å². The Kier molecular flexibility index (Phi) is 15.4. The van der Waals surface area contributed by atoms with Gasteiger partial charge in [-0.1, -0.05) is 102 Å². The van der Waals surface area contributed by atoms with Gasteiger partial charge in [-0.15, -0.1) is 0 Å². The van der Waals surface area contributed by atoms with E-state index < -0.39 is 11.9 Å². The van der Waals surface area contributed by atoms with Gasteiger partial charge in [0.05, 0.1) is 11.3 Å². The topological polar surface area (TPSA) is 166 Å². The molecule has 1 aromatic heterocycles. The van der Waals surface area contributed by atoms with Crippen LogP contribution in [0.1, 0.15) is 131 Å². The van der Waals surface area contributed by atoms with Crippen molar-refractivity contribution in [2.24, 2.45) is 7.05 Å². The molecule has 0 radical (unpaired) electrons. The van der Waals surface area contributed by atoms with Gasteiger partial charge in [0.2, 0.25) is 11.8 Å². The van der Waals surface area contributed by atoms with E-state index in [0.29, 0.717) is 64.5 Å². The minimum Gasteiger partial charge on any atom is -0.384 e. The fraction of sp³-hybridized carbons (Fsp3) is 0.386. The van der Waals surface area contributed by atoms with E-state index in [-0.39, 0.29) is 47.4 Å². The van der Waals surface area contributed by atoms with E-state index in [0.717, 1.165) is 92.6 Å². The Morgan fingerprint density at radius 1 is 0.789 bits per heavy atom. The molecule has 4 heterocycles. The van der Waals surface area contributed by atoms with Crippen molar-refractivity contribution in [3.8, 4) is 11.3 Å². The number of imide groups is 1. The second-order valence-electron chi connectivity index (χ2n) is 20.1. The predicted molar refractivity (Wildman–Crippen MR) is 278 cm³/mol. The van der Waals surface area contributed by atoms with E-state index in [1.54, 1.807) is 17.8 Å². The van der Waals surface area contributed by atoms with Crippen LogP contribution in [0.15, 0.2) is 102 Å². The minimum atomic E-state index is -0.741. The lowest BCUT2D eigenvalue weighted by molar-refractivity contribution is -0.136. The van der Waals surface area contributed by atoms with E-state index >= 15 is 0 Å². The lowest BCUT2D eigenvalue weighted by Gasteiger charge is -2.34. The Labute approximate surface area is 416 Å². The summed E-state index contributed by atoms with van der Waals surface area (Å²) < 4.78 is 1.54. The Morgan fingerprint density at radius 3 is 2.13 bits per heavy atom. The molecule has 8 rings (SSSR count). The zero-order valence-corrected chi connectivity index (χ0v) is 41.7. The molecule has 0 aliphatic carbocycles. The molecule has 2 fully saturated rings. The number of nitrogens with zero attached hydrogens (tertiary/aromatic N) is 5. The number of piperidine rings is 1. The molecule has 3 N–H and O–H groups in total. The Bertz CT molecular complexity index is 2890. The molecule has 5 aromatic rings. The van der Waals surface area contributed by atoms with Crippen molar-refractivity contribution in [1.82, 2.24) is 29.6 Å². The molecule has 0 saturated carbocycles. The maximum atomic E-state index is 13.6. The fourth-order valence-corrected chi connectivity index (χ4v) is 9.78. The highest BCUT2D eigenvalue weighted by Gasteiger charge is 2.42. The summed E-state index contributed by atoms with van der Waals surface area (Å²) in [6.07, 6.45) is 9.06. The zero-order valence-electron chi connectivity index (χ0n) is 41.7. The van der Waals surface area contributed by atoms with Crippen LogP contribution < -0.4 is 21.5 Å². The highest BCUT2D eigenvalue weighted by atomic mass is 16.2. The Morgan fingerprint density at radius 2 is 1.44 bits per heavy atom. The number of fused-ring (bicyclic) bond motifs is 1. The van der Waals surface area contributed by atoms with Crippen LogP contribution >= 0.6 is 0 Å². The third-order valence-electron chi connectivity index (χ3n) is 14.1. The first-order chi connectivity index (χ1) is 34.1. The fourth-order valence-electron chi connectivity index (χ4n) is 9.78. The summed E-state index contributed by atoms with van der Waals surface area (Å²) in [6.45, 7) is 17.2. The summed E-state index contributed by atoms with van der Waals surface area (Å²) in [5.74, 6) is -1.23. The van der Waals surface area contributed by atoms with E-state index in [9.17, 15) is 28.8 Å². The van der Waals surface area contributed by atoms with Gasteiger partial charge in [0, 0.05) is 98.1 Å². The zero-order chi connectivity index (χ0) is 50.4. The number of aromatic nitrogens is 2. The molecule has 5 amide bonds. The second kappa shape index (κ2) is 21.8. The van der Waals surface area contributed by atoms with Crippen LogP contribution in [-0.2, 0) is 28.5 Å². The van der Waals surface area contributed by atoms with Crippen LogP contribution in [0.4, 0.5) is 11.4 Å². The third kappa shape index (κ3) is 11.5. The van der Waals surface area contributed by atoms with Crippen molar-refractivity contribution in [2.45, 2.75) is 96.9 Å². The Balaban J connectivity index is 0.745. The normalized spacial score (nSPS) is 16.3. The summed E-state index contributed by atoms with van der Waals surface area (Å²) in [6, 6.07) is 25.7. The minimum absolute atomic E-state index is 0.00833. The Hall–Kier alpha value is -7.19. The first-order valence-corrected chi connectivity index (χ1v) is 25.0. The summed E-state index contributed by atoms with van der Waals surface area (Å²) in [5.41, 5.74) is 8.82. The molecular formula is C57H66N8O6. The van der Waals surface area contributed by atoms with Gasteiger partial charge in [0.25, 0.3) is 23.3 Å². The number of nitrogens with one attached hydrogen (secondary N) is 3. The number of hydrogen-bond donors (Lipinski definition) is 3. The van der Waals surface area contributed by atoms with Crippen molar-refractivity contribution in [1.29, 1.82) is 0 Å². The van der Waals surface area contributed by atoms with Crippen LogP contribution in [0, 0.1) is 6.92 Å². The van der Waals surface area contributed by atoms with Gasteiger partial charge in [0.1, 0.15) is 11.7 Å². The third-order valence-corrected chi connectivity index (χ3v) is 14.1. The molecule has 2 saturated heterocycles. The summed E-state index contributed by atoms with van der Waals surface area (Å²) in [5, 5.41) is 8.85. The number of amides is 5. The molecule has 14 heteroatoms. The molecule has 1 unspecified atom stereocenters. The number of anilines is 2. The van der Waals surface area contributed by atoms with E-state index in [1.165, 1.54) is 4.90 Å². The quantitative estimate of drug-likeness (QED) is 0.0614.